The predicted molar refractivity (Wildman–Crippen MR) is 59.7 cm³/mol. The fourth-order valence-electron chi connectivity index (χ4n) is 1.31. The van der Waals surface area contributed by atoms with Crippen molar-refractivity contribution in [3.05, 3.63) is 59.9 Å². The number of nitriles is 1. The van der Waals surface area contributed by atoms with E-state index in [4.69, 9.17) is 10.00 Å². The average molecular weight is 210 g/mol. The number of nitrogens with zero attached hydrogens (tertiary/aromatic N) is 2. The maximum absolute atomic E-state index is 8.69. The van der Waals surface area contributed by atoms with Crippen molar-refractivity contribution in [2.24, 2.45) is 0 Å². The van der Waals surface area contributed by atoms with E-state index < -0.39 is 0 Å². The SMILES string of the molecule is N#Cc1cc(COc2ccccc2)ccn1. The Labute approximate surface area is 93.9 Å². The molecule has 2 rings (SSSR count). The molecule has 0 saturated heterocycles. The summed E-state index contributed by atoms with van der Waals surface area (Å²) in [5, 5.41) is 8.69. The minimum Gasteiger partial charge on any atom is -0.489 e. The molecule has 78 valence electrons. The normalized spacial score (nSPS) is 9.44. The van der Waals surface area contributed by atoms with Crippen LogP contribution >= 0.6 is 0 Å². The highest BCUT2D eigenvalue weighted by atomic mass is 16.5. The number of aromatic nitrogens is 1. The van der Waals surface area contributed by atoms with Gasteiger partial charge < -0.3 is 4.74 Å². The highest BCUT2D eigenvalue weighted by molar-refractivity contribution is 5.26. The Hall–Kier alpha value is -2.34. The highest BCUT2D eigenvalue weighted by Gasteiger charge is 1.97. The first-order chi connectivity index (χ1) is 7.88. The second-order valence-electron chi connectivity index (χ2n) is 3.26. The Bertz CT molecular complexity index is 503. The lowest BCUT2D eigenvalue weighted by Gasteiger charge is -2.05. The number of benzene rings is 1. The number of ether oxygens (including phenoxy) is 1. The zero-order valence-corrected chi connectivity index (χ0v) is 8.63. The second kappa shape index (κ2) is 4.94. The fraction of sp³-hybridized carbons (Fsp3) is 0.0769. The molecule has 0 saturated carbocycles. The standard InChI is InChI=1S/C13H10N2O/c14-9-12-8-11(6-7-15-12)10-16-13-4-2-1-3-5-13/h1-8H,10H2. The van der Waals surface area contributed by atoms with Gasteiger partial charge in [-0.25, -0.2) is 4.98 Å². The van der Waals surface area contributed by atoms with Gasteiger partial charge in [0.1, 0.15) is 24.1 Å². The van der Waals surface area contributed by atoms with Gasteiger partial charge in [-0.1, -0.05) is 18.2 Å². The van der Waals surface area contributed by atoms with Crippen LogP contribution in [0.1, 0.15) is 11.3 Å². The molecule has 0 aliphatic heterocycles. The lowest BCUT2D eigenvalue weighted by atomic mass is 10.2. The van der Waals surface area contributed by atoms with Gasteiger partial charge in [0, 0.05) is 6.20 Å². The van der Waals surface area contributed by atoms with Crippen LogP contribution in [0, 0.1) is 11.3 Å². The van der Waals surface area contributed by atoms with Crippen molar-refractivity contribution in [1.82, 2.24) is 4.98 Å². The van der Waals surface area contributed by atoms with Gasteiger partial charge in [-0.15, -0.1) is 0 Å². The third kappa shape index (κ3) is 2.58. The lowest BCUT2D eigenvalue weighted by Crippen LogP contribution is -1.96. The summed E-state index contributed by atoms with van der Waals surface area (Å²) in [6, 6.07) is 15.1. The van der Waals surface area contributed by atoms with E-state index in [0.29, 0.717) is 12.3 Å². The minimum atomic E-state index is 0.411. The van der Waals surface area contributed by atoms with Crippen molar-refractivity contribution in [3.63, 3.8) is 0 Å². The van der Waals surface area contributed by atoms with E-state index in [1.807, 2.05) is 42.5 Å². The fourth-order valence-corrected chi connectivity index (χ4v) is 1.31. The van der Waals surface area contributed by atoms with Gasteiger partial charge in [-0.3, -0.25) is 0 Å². The molecule has 0 radical (unpaired) electrons. The van der Waals surface area contributed by atoms with Gasteiger partial charge >= 0.3 is 0 Å². The molecular formula is C13H10N2O. The number of hydrogen-bond acceptors (Lipinski definition) is 3. The largest absolute Gasteiger partial charge is 0.489 e. The molecule has 0 aliphatic rings. The van der Waals surface area contributed by atoms with Gasteiger partial charge in [0.15, 0.2) is 0 Å². The summed E-state index contributed by atoms with van der Waals surface area (Å²) in [6.07, 6.45) is 1.61. The molecule has 0 aliphatic carbocycles. The lowest BCUT2D eigenvalue weighted by molar-refractivity contribution is 0.306. The van der Waals surface area contributed by atoms with E-state index in [-0.39, 0.29) is 0 Å². The summed E-state index contributed by atoms with van der Waals surface area (Å²) in [6.45, 7) is 0.446. The van der Waals surface area contributed by atoms with Crippen LogP contribution < -0.4 is 4.74 Å². The van der Waals surface area contributed by atoms with Crippen molar-refractivity contribution in [2.75, 3.05) is 0 Å². The zero-order chi connectivity index (χ0) is 11.2. The Kier molecular flexibility index (Phi) is 3.15. The van der Waals surface area contributed by atoms with E-state index in [1.165, 1.54) is 0 Å². The maximum atomic E-state index is 8.69. The van der Waals surface area contributed by atoms with Crippen LogP contribution in [0.2, 0.25) is 0 Å². The summed E-state index contributed by atoms with van der Waals surface area (Å²) in [7, 11) is 0. The van der Waals surface area contributed by atoms with Crippen LogP contribution in [0.25, 0.3) is 0 Å². The summed E-state index contributed by atoms with van der Waals surface area (Å²) >= 11 is 0. The summed E-state index contributed by atoms with van der Waals surface area (Å²) in [5.41, 5.74) is 1.35. The number of hydrogen-bond donors (Lipinski definition) is 0. The molecule has 1 aromatic heterocycles. The molecule has 0 fully saturated rings. The first-order valence-electron chi connectivity index (χ1n) is 4.91. The number of pyridine rings is 1. The molecule has 0 N–H and O–H groups in total. The summed E-state index contributed by atoms with van der Waals surface area (Å²) < 4.78 is 5.55. The second-order valence-corrected chi connectivity index (χ2v) is 3.26. The third-order valence-corrected chi connectivity index (χ3v) is 2.09. The first kappa shape index (κ1) is 10.2. The molecule has 1 heterocycles. The summed E-state index contributed by atoms with van der Waals surface area (Å²) in [5.74, 6) is 0.817. The molecule has 1 aromatic carbocycles. The van der Waals surface area contributed by atoms with Gasteiger partial charge in [-0.2, -0.15) is 5.26 Å². The molecule has 0 unspecified atom stereocenters. The van der Waals surface area contributed by atoms with Gasteiger partial charge in [-0.05, 0) is 29.8 Å². The quantitative estimate of drug-likeness (QED) is 0.782. The van der Waals surface area contributed by atoms with Crippen molar-refractivity contribution in [3.8, 4) is 11.8 Å². The van der Waals surface area contributed by atoms with Crippen LogP contribution in [0.4, 0.5) is 0 Å². The third-order valence-electron chi connectivity index (χ3n) is 2.09. The molecule has 0 bridgehead atoms. The highest BCUT2D eigenvalue weighted by Crippen LogP contribution is 2.11. The van der Waals surface area contributed by atoms with Crippen molar-refractivity contribution in [2.45, 2.75) is 6.61 Å². The molecular weight excluding hydrogens is 200 g/mol. The van der Waals surface area contributed by atoms with Crippen LogP contribution in [-0.4, -0.2) is 4.98 Å². The Balaban J connectivity index is 2.03. The Morgan fingerprint density at radius 1 is 1.19 bits per heavy atom. The van der Waals surface area contributed by atoms with E-state index in [0.717, 1.165) is 11.3 Å². The van der Waals surface area contributed by atoms with E-state index in [2.05, 4.69) is 4.98 Å². The van der Waals surface area contributed by atoms with E-state index in [1.54, 1.807) is 12.3 Å². The predicted octanol–water partition coefficient (Wildman–Crippen LogP) is 2.53. The average Bonchev–Trinajstić information content (AvgIpc) is 2.38. The van der Waals surface area contributed by atoms with Gasteiger partial charge in [0.25, 0.3) is 0 Å². The molecule has 3 heteroatoms. The van der Waals surface area contributed by atoms with E-state index >= 15 is 0 Å². The van der Waals surface area contributed by atoms with Crippen molar-refractivity contribution in [1.29, 1.82) is 5.26 Å². The number of rotatable bonds is 3. The smallest absolute Gasteiger partial charge is 0.140 e. The van der Waals surface area contributed by atoms with Gasteiger partial charge in [0.2, 0.25) is 0 Å². The summed E-state index contributed by atoms with van der Waals surface area (Å²) in [4.78, 5) is 3.90. The maximum Gasteiger partial charge on any atom is 0.140 e. The molecule has 0 atom stereocenters. The van der Waals surface area contributed by atoms with Crippen LogP contribution in [-0.2, 0) is 6.61 Å². The van der Waals surface area contributed by atoms with Gasteiger partial charge in [0.05, 0.1) is 0 Å². The Morgan fingerprint density at radius 3 is 2.75 bits per heavy atom. The molecule has 3 nitrogen and oxygen atoms in total. The molecule has 0 amide bonds. The zero-order valence-electron chi connectivity index (χ0n) is 8.63. The molecule has 0 spiro atoms. The van der Waals surface area contributed by atoms with Crippen molar-refractivity contribution < 1.29 is 4.74 Å². The molecule has 16 heavy (non-hydrogen) atoms. The number of para-hydroxylation sites is 1. The monoisotopic (exact) mass is 210 g/mol. The Morgan fingerprint density at radius 2 is 2.00 bits per heavy atom. The van der Waals surface area contributed by atoms with Crippen LogP contribution in [0.3, 0.4) is 0 Å². The first-order valence-corrected chi connectivity index (χ1v) is 4.91. The minimum absolute atomic E-state index is 0.411. The topological polar surface area (TPSA) is 45.9 Å². The van der Waals surface area contributed by atoms with Crippen LogP contribution in [0.5, 0.6) is 5.75 Å². The van der Waals surface area contributed by atoms with Crippen molar-refractivity contribution >= 4 is 0 Å². The van der Waals surface area contributed by atoms with E-state index in [9.17, 15) is 0 Å². The molecule has 2 aromatic rings. The van der Waals surface area contributed by atoms with Crippen LogP contribution in [0.15, 0.2) is 48.7 Å².